The Balaban J connectivity index is 2.52. The van der Waals surface area contributed by atoms with Crippen molar-refractivity contribution in [2.45, 2.75) is 33.1 Å². The normalized spacial score (nSPS) is 10.2. The van der Waals surface area contributed by atoms with Crippen LogP contribution in [0.15, 0.2) is 18.2 Å². The van der Waals surface area contributed by atoms with Gasteiger partial charge in [0.05, 0.1) is 18.0 Å². The van der Waals surface area contributed by atoms with E-state index < -0.39 is 0 Å². The molecular weight excluding hydrogens is 256 g/mol. The highest BCUT2D eigenvalue weighted by Crippen LogP contribution is 2.23. The third kappa shape index (κ3) is 4.57. The maximum Gasteiger partial charge on any atom is 0.305 e. The second-order valence-electron chi connectivity index (χ2n) is 4.67. The number of esters is 1. The van der Waals surface area contributed by atoms with Crippen LogP contribution in [-0.4, -0.2) is 25.5 Å². The largest absolute Gasteiger partial charge is 0.466 e. The molecule has 1 rings (SSSR count). The van der Waals surface area contributed by atoms with E-state index in [1.807, 2.05) is 25.1 Å². The molecule has 1 aromatic rings. The highest BCUT2D eigenvalue weighted by Gasteiger charge is 2.14. The number of nitrogen functional groups attached to an aromatic ring is 1. The lowest BCUT2D eigenvalue weighted by atomic mass is 10.1. The molecule has 0 spiro atoms. The van der Waals surface area contributed by atoms with Gasteiger partial charge in [0.1, 0.15) is 0 Å². The van der Waals surface area contributed by atoms with E-state index in [1.165, 1.54) is 4.90 Å². The molecule has 0 fully saturated rings. The SMILES string of the molecule is CCOC(=O)CCCC(=O)N(C)c1ccc(C)cc1N. The average molecular weight is 278 g/mol. The predicted octanol–water partition coefficient (Wildman–Crippen LogP) is 2.27. The Morgan fingerprint density at radius 2 is 2.00 bits per heavy atom. The highest BCUT2D eigenvalue weighted by atomic mass is 16.5. The molecule has 0 heterocycles. The van der Waals surface area contributed by atoms with E-state index in [2.05, 4.69) is 0 Å². The number of nitrogens with zero attached hydrogens (tertiary/aromatic N) is 1. The maximum absolute atomic E-state index is 12.0. The summed E-state index contributed by atoms with van der Waals surface area (Å²) in [6.07, 6.45) is 1.03. The number of hydrogen-bond acceptors (Lipinski definition) is 4. The zero-order valence-corrected chi connectivity index (χ0v) is 12.3. The number of benzene rings is 1. The third-order valence-corrected chi connectivity index (χ3v) is 3.00. The molecule has 5 heteroatoms. The van der Waals surface area contributed by atoms with Crippen molar-refractivity contribution in [3.63, 3.8) is 0 Å². The lowest BCUT2D eigenvalue weighted by Crippen LogP contribution is -2.27. The minimum atomic E-state index is -0.266. The van der Waals surface area contributed by atoms with Gasteiger partial charge in [0.2, 0.25) is 5.91 Å². The van der Waals surface area contributed by atoms with Crippen molar-refractivity contribution >= 4 is 23.3 Å². The van der Waals surface area contributed by atoms with Crippen LogP contribution in [0.4, 0.5) is 11.4 Å². The first-order valence-corrected chi connectivity index (χ1v) is 6.74. The topological polar surface area (TPSA) is 72.6 Å². The van der Waals surface area contributed by atoms with E-state index >= 15 is 0 Å². The molecule has 0 aliphatic rings. The van der Waals surface area contributed by atoms with E-state index in [-0.39, 0.29) is 18.3 Å². The van der Waals surface area contributed by atoms with Crippen molar-refractivity contribution in [1.29, 1.82) is 0 Å². The number of ether oxygens (including phenoxy) is 1. The first-order valence-electron chi connectivity index (χ1n) is 6.74. The Morgan fingerprint density at radius 3 is 2.60 bits per heavy atom. The molecule has 1 amide bonds. The van der Waals surface area contributed by atoms with Gasteiger partial charge in [-0.05, 0) is 38.0 Å². The average Bonchev–Trinajstić information content (AvgIpc) is 2.38. The summed E-state index contributed by atoms with van der Waals surface area (Å²) in [5.41, 5.74) is 8.23. The number of amides is 1. The first kappa shape index (κ1) is 16.0. The van der Waals surface area contributed by atoms with Crippen LogP contribution in [0.1, 0.15) is 31.7 Å². The third-order valence-electron chi connectivity index (χ3n) is 3.00. The summed E-state index contributed by atoms with van der Waals surface area (Å²) in [4.78, 5) is 24.8. The Hall–Kier alpha value is -2.04. The van der Waals surface area contributed by atoms with E-state index in [4.69, 9.17) is 10.5 Å². The Labute approximate surface area is 119 Å². The Kier molecular flexibility index (Phi) is 6.03. The summed E-state index contributed by atoms with van der Waals surface area (Å²) >= 11 is 0. The predicted molar refractivity (Wildman–Crippen MR) is 79.5 cm³/mol. The quantitative estimate of drug-likeness (QED) is 0.640. The first-order chi connectivity index (χ1) is 9.45. The fourth-order valence-electron chi connectivity index (χ4n) is 1.90. The molecule has 1 aromatic carbocycles. The number of hydrogen-bond donors (Lipinski definition) is 1. The molecule has 0 saturated carbocycles. The summed E-state index contributed by atoms with van der Waals surface area (Å²) in [6.45, 7) is 4.07. The molecule has 0 aliphatic carbocycles. The molecule has 0 aromatic heterocycles. The van der Waals surface area contributed by atoms with Crippen LogP contribution in [-0.2, 0) is 14.3 Å². The van der Waals surface area contributed by atoms with Crippen molar-refractivity contribution in [1.82, 2.24) is 0 Å². The second-order valence-corrected chi connectivity index (χ2v) is 4.67. The minimum Gasteiger partial charge on any atom is -0.466 e. The van der Waals surface area contributed by atoms with Crippen LogP contribution in [0.2, 0.25) is 0 Å². The number of nitrogens with two attached hydrogens (primary N) is 1. The van der Waals surface area contributed by atoms with Gasteiger partial charge in [-0.3, -0.25) is 9.59 Å². The van der Waals surface area contributed by atoms with E-state index in [0.29, 0.717) is 30.8 Å². The number of aryl methyl sites for hydroxylation is 1. The van der Waals surface area contributed by atoms with Gasteiger partial charge in [0.15, 0.2) is 0 Å². The van der Waals surface area contributed by atoms with Gasteiger partial charge in [0.25, 0.3) is 0 Å². The van der Waals surface area contributed by atoms with Crippen molar-refractivity contribution in [2.75, 3.05) is 24.3 Å². The van der Waals surface area contributed by atoms with Crippen molar-refractivity contribution in [3.05, 3.63) is 23.8 Å². The molecule has 5 nitrogen and oxygen atoms in total. The summed E-state index contributed by atoms with van der Waals surface area (Å²) in [5.74, 6) is -0.331. The van der Waals surface area contributed by atoms with E-state index in [9.17, 15) is 9.59 Å². The van der Waals surface area contributed by atoms with Gasteiger partial charge >= 0.3 is 5.97 Å². The van der Waals surface area contributed by atoms with Gasteiger partial charge in [-0.25, -0.2) is 0 Å². The molecule has 0 unspecified atom stereocenters. The summed E-state index contributed by atoms with van der Waals surface area (Å²) in [5, 5.41) is 0. The van der Waals surface area contributed by atoms with Crippen molar-refractivity contribution in [3.8, 4) is 0 Å². The van der Waals surface area contributed by atoms with Crippen LogP contribution < -0.4 is 10.6 Å². The van der Waals surface area contributed by atoms with Crippen LogP contribution in [0.5, 0.6) is 0 Å². The van der Waals surface area contributed by atoms with Gasteiger partial charge in [0, 0.05) is 19.9 Å². The Bertz CT molecular complexity index is 486. The van der Waals surface area contributed by atoms with Crippen molar-refractivity contribution in [2.24, 2.45) is 0 Å². The fourth-order valence-corrected chi connectivity index (χ4v) is 1.90. The highest BCUT2D eigenvalue weighted by molar-refractivity contribution is 5.96. The molecule has 0 radical (unpaired) electrons. The van der Waals surface area contributed by atoms with Crippen LogP contribution in [0.25, 0.3) is 0 Å². The maximum atomic E-state index is 12.0. The number of carbonyl (C=O) groups is 2. The van der Waals surface area contributed by atoms with E-state index in [0.717, 1.165) is 5.56 Å². The second kappa shape index (κ2) is 7.53. The minimum absolute atomic E-state index is 0.0650. The standard InChI is InChI=1S/C15H22N2O3/c1-4-20-15(19)7-5-6-14(18)17(3)13-9-8-11(2)10-12(13)16/h8-10H,4-7,16H2,1-3H3. The van der Waals surface area contributed by atoms with Gasteiger partial charge in [-0.2, -0.15) is 0 Å². The molecule has 0 aliphatic heterocycles. The molecule has 20 heavy (non-hydrogen) atoms. The zero-order chi connectivity index (χ0) is 15.1. The van der Waals surface area contributed by atoms with Gasteiger partial charge < -0.3 is 15.4 Å². The van der Waals surface area contributed by atoms with Gasteiger partial charge in [-0.15, -0.1) is 0 Å². The monoisotopic (exact) mass is 278 g/mol. The summed E-state index contributed by atoms with van der Waals surface area (Å²) < 4.78 is 4.82. The fraction of sp³-hybridized carbons (Fsp3) is 0.467. The Morgan fingerprint density at radius 1 is 1.30 bits per heavy atom. The zero-order valence-electron chi connectivity index (χ0n) is 12.3. The van der Waals surface area contributed by atoms with Crippen LogP contribution in [0, 0.1) is 6.92 Å². The van der Waals surface area contributed by atoms with Crippen molar-refractivity contribution < 1.29 is 14.3 Å². The number of carbonyl (C=O) groups excluding carboxylic acids is 2. The molecular formula is C15H22N2O3. The molecule has 0 saturated heterocycles. The lowest BCUT2D eigenvalue weighted by Gasteiger charge is -2.19. The summed E-state index contributed by atoms with van der Waals surface area (Å²) in [7, 11) is 1.69. The van der Waals surface area contributed by atoms with Gasteiger partial charge in [-0.1, -0.05) is 6.07 Å². The molecule has 0 bridgehead atoms. The van der Waals surface area contributed by atoms with Crippen LogP contribution >= 0.6 is 0 Å². The number of anilines is 2. The molecule has 0 atom stereocenters. The number of rotatable bonds is 6. The van der Waals surface area contributed by atoms with E-state index in [1.54, 1.807) is 14.0 Å². The summed E-state index contributed by atoms with van der Waals surface area (Å²) in [6, 6.07) is 5.57. The molecule has 2 N–H and O–H groups in total. The smallest absolute Gasteiger partial charge is 0.305 e. The molecule has 110 valence electrons. The lowest BCUT2D eigenvalue weighted by molar-refractivity contribution is -0.143. The van der Waals surface area contributed by atoms with Crippen LogP contribution in [0.3, 0.4) is 0 Å².